The third-order valence-electron chi connectivity index (χ3n) is 3.10. The van der Waals surface area contributed by atoms with E-state index >= 15 is 0 Å². The van der Waals surface area contributed by atoms with Gasteiger partial charge in [-0.25, -0.2) is 4.39 Å². The average Bonchev–Trinajstić information content (AvgIpc) is 2.75. The van der Waals surface area contributed by atoms with E-state index in [0.717, 1.165) is 19.4 Å². The van der Waals surface area contributed by atoms with Crippen LogP contribution < -0.4 is 5.73 Å². The highest BCUT2D eigenvalue weighted by Crippen LogP contribution is 2.41. The van der Waals surface area contributed by atoms with Gasteiger partial charge in [0.1, 0.15) is 5.67 Å². The van der Waals surface area contributed by atoms with E-state index < -0.39 is 5.67 Å². The SMILES string of the molecule is CCCn1cc(C2(F)CCC(N)C2)cn1. The van der Waals surface area contributed by atoms with E-state index in [4.69, 9.17) is 5.73 Å². The molecule has 1 aromatic heterocycles. The normalized spacial score (nSPS) is 31.0. The van der Waals surface area contributed by atoms with Gasteiger partial charge in [-0.05, 0) is 19.3 Å². The van der Waals surface area contributed by atoms with Crippen LogP contribution in [0.3, 0.4) is 0 Å². The van der Waals surface area contributed by atoms with Crippen molar-refractivity contribution < 1.29 is 4.39 Å². The van der Waals surface area contributed by atoms with Crippen LogP contribution in [0.15, 0.2) is 12.4 Å². The van der Waals surface area contributed by atoms with Crippen molar-refractivity contribution >= 4 is 0 Å². The molecule has 2 N–H and O–H groups in total. The van der Waals surface area contributed by atoms with Gasteiger partial charge in [0.2, 0.25) is 0 Å². The molecule has 1 heterocycles. The molecule has 4 heteroatoms. The Morgan fingerprint density at radius 3 is 3.13 bits per heavy atom. The van der Waals surface area contributed by atoms with Crippen molar-refractivity contribution in [3.63, 3.8) is 0 Å². The Bertz CT molecular complexity index is 336. The van der Waals surface area contributed by atoms with E-state index in [0.29, 0.717) is 18.4 Å². The molecule has 1 fully saturated rings. The lowest BCUT2D eigenvalue weighted by Gasteiger charge is -2.16. The van der Waals surface area contributed by atoms with Crippen molar-refractivity contribution in [2.75, 3.05) is 0 Å². The molecule has 84 valence electrons. The summed E-state index contributed by atoms with van der Waals surface area (Å²) in [6.07, 6.45) is 6.22. The molecule has 0 aliphatic heterocycles. The first-order valence-corrected chi connectivity index (χ1v) is 5.61. The molecule has 1 saturated carbocycles. The minimum Gasteiger partial charge on any atom is -0.328 e. The minimum absolute atomic E-state index is 0.00419. The third-order valence-corrected chi connectivity index (χ3v) is 3.10. The summed E-state index contributed by atoms with van der Waals surface area (Å²) in [5, 5.41) is 4.16. The summed E-state index contributed by atoms with van der Waals surface area (Å²) in [6.45, 7) is 2.93. The average molecular weight is 211 g/mol. The summed E-state index contributed by atoms with van der Waals surface area (Å²) in [4.78, 5) is 0. The Kier molecular flexibility index (Phi) is 2.78. The highest BCUT2D eigenvalue weighted by atomic mass is 19.1. The second-order valence-electron chi connectivity index (χ2n) is 4.46. The summed E-state index contributed by atoms with van der Waals surface area (Å²) in [5.41, 5.74) is 5.21. The largest absolute Gasteiger partial charge is 0.328 e. The van der Waals surface area contributed by atoms with Crippen molar-refractivity contribution in [1.82, 2.24) is 9.78 Å². The molecular weight excluding hydrogens is 193 g/mol. The standard InChI is InChI=1S/C11H18FN3/c1-2-5-15-8-9(7-14-15)11(12)4-3-10(13)6-11/h7-8,10H,2-6,13H2,1H3. The molecule has 1 aliphatic rings. The molecule has 0 bridgehead atoms. The topological polar surface area (TPSA) is 43.8 Å². The molecule has 1 aliphatic carbocycles. The van der Waals surface area contributed by atoms with Crippen LogP contribution in [0.5, 0.6) is 0 Å². The van der Waals surface area contributed by atoms with E-state index in [1.807, 2.05) is 6.20 Å². The molecule has 0 amide bonds. The Balaban J connectivity index is 2.14. The lowest BCUT2D eigenvalue weighted by atomic mass is 9.97. The maximum absolute atomic E-state index is 14.4. The Labute approximate surface area is 89.5 Å². The van der Waals surface area contributed by atoms with Crippen LogP contribution >= 0.6 is 0 Å². The first kappa shape index (κ1) is 10.6. The van der Waals surface area contributed by atoms with Gasteiger partial charge >= 0.3 is 0 Å². The van der Waals surface area contributed by atoms with E-state index in [9.17, 15) is 4.39 Å². The zero-order chi connectivity index (χ0) is 10.9. The number of aryl methyl sites for hydroxylation is 1. The van der Waals surface area contributed by atoms with Crippen molar-refractivity contribution in [1.29, 1.82) is 0 Å². The summed E-state index contributed by atoms with van der Waals surface area (Å²) in [5.74, 6) is 0. The van der Waals surface area contributed by atoms with E-state index in [1.54, 1.807) is 10.9 Å². The molecule has 2 unspecified atom stereocenters. The van der Waals surface area contributed by atoms with Crippen molar-refractivity contribution in [3.8, 4) is 0 Å². The highest BCUT2D eigenvalue weighted by molar-refractivity contribution is 5.18. The molecule has 0 saturated heterocycles. The van der Waals surface area contributed by atoms with Crippen molar-refractivity contribution in [3.05, 3.63) is 18.0 Å². The Morgan fingerprint density at radius 1 is 1.73 bits per heavy atom. The zero-order valence-electron chi connectivity index (χ0n) is 9.12. The fourth-order valence-corrected chi connectivity index (χ4v) is 2.24. The van der Waals surface area contributed by atoms with Crippen LogP contribution in [0.1, 0.15) is 38.2 Å². The smallest absolute Gasteiger partial charge is 0.140 e. The Morgan fingerprint density at radius 2 is 2.53 bits per heavy atom. The fraction of sp³-hybridized carbons (Fsp3) is 0.727. The van der Waals surface area contributed by atoms with Gasteiger partial charge in [0, 0.05) is 30.8 Å². The number of halogens is 1. The van der Waals surface area contributed by atoms with Crippen LogP contribution in [-0.4, -0.2) is 15.8 Å². The first-order chi connectivity index (χ1) is 7.14. The van der Waals surface area contributed by atoms with Gasteiger partial charge in [-0.3, -0.25) is 4.68 Å². The minimum atomic E-state index is -1.23. The van der Waals surface area contributed by atoms with Crippen LogP contribution in [0.25, 0.3) is 0 Å². The predicted octanol–water partition coefficient (Wildman–Crippen LogP) is 1.97. The molecule has 2 rings (SSSR count). The molecule has 1 aromatic rings. The molecule has 0 aromatic carbocycles. The third kappa shape index (κ3) is 2.04. The number of alkyl halides is 1. The van der Waals surface area contributed by atoms with Crippen LogP contribution in [0.2, 0.25) is 0 Å². The maximum Gasteiger partial charge on any atom is 0.140 e. The number of hydrogen-bond acceptors (Lipinski definition) is 2. The van der Waals surface area contributed by atoms with Gasteiger partial charge in [0.25, 0.3) is 0 Å². The monoisotopic (exact) mass is 211 g/mol. The molecule has 3 nitrogen and oxygen atoms in total. The summed E-state index contributed by atoms with van der Waals surface area (Å²) in [7, 11) is 0. The fourth-order valence-electron chi connectivity index (χ4n) is 2.24. The van der Waals surface area contributed by atoms with Crippen molar-refractivity contribution in [2.24, 2.45) is 5.73 Å². The quantitative estimate of drug-likeness (QED) is 0.830. The summed E-state index contributed by atoms with van der Waals surface area (Å²) in [6, 6.07) is 0.00419. The number of aromatic nitrogens is 2. The molecule has 0 spiro atoms. The van der Waals surface area contributed by atoms with Gasteiger partial charge in [-0.15, -0.1) is 0 Å². The second-order valence-corrected chi connectivity index (χ2v) is 4.46. The second kappa shape index (κ2) is 3.93. The number of nitrogens with two attached hydrogens (primary N) is 1. The molecule has 2 atom stereocenters. The van der Waals surface area contributed by atoms with Gasteiger partial charge in [-0.1, -0.05) is 6.92 Å². The zero-order valence-corrected chi connectivity index (χ0v) is 9.12. The van der Waals surface area contributed by atoms with E-state index in [2.05, 4.69) is 12.0 Å². The Hall–Kier alpha value is -0.900. The predicted molar refractivity (Wildman–Crippen MR) is 57.1 cm³/mol. The van der Waals surface area contributed by atoms with Crippen LogP contribution in [0.4, 0.5) is 4.39 Å². The highest BCUT2D eigenvalue weighted by Gasteiger charge is 2.40. The molecule has 15 heavy (non-hydrogen) atoms. The van der Waals surface area contributed by atoms with Crippen LogP contribution in [-0.2, 0) is 12.2 Å². The van der Waals surface area contributed by atoms with Gasteiger partial charge in [-0.2, -0.15) is 5.10 Å². The number of hydrogen-bond donors (Lipinski definition) is 1. The van der Waals surface area contributed by atoms with Gasteiger partial charge < -0.3 is 5.73 Å². The molecule has 0 radical (unpaired) electrons. The summed E-state index contributed by atoms with van der Waals surface area (Å²) < 4.78 is 16.2. The maximum atomic E-state index is 14.4. The summed E-state index contributed by atoms with van der Waals surface area (Å²) >= 11 is 0. The lowest BCUT2D eigenvalue weighted by molar-refractivity contribution is 0.172. The van der Waals surface area contributed by atoms with Gasteiger partial charge in [0.15, 0.2) is 0 Å². The molecular formula is C11H18FN3. The lowest BCUT2D eigenvalue weighted by Crippen LogP contribution is -2.21. The first-order valence-electron chi connectivity index (χ1n) is 5.61. The van der Waals surface area contributed by atoms with E-state index in [1.165, 1.54) is 0 Å². The van der Waals surface area contributed by atoms with Gasteiger partial charge in [0.05, 0.1) is 6.20 Å². The number of nitrogens with zero attached hydrogens (tertiary/aromatic N) is 2. The number of rotatable bonds is 3. The van der Waals surface area contributed by atoms with E-state index in [-0.39, 0.29) is 6.04 Å². The van der Waals surface area contributed by atoms with Crippen molar-refractivity contribution in [2.45, 2.75) is 50.9 Å². The van der Waals surface area contributed by atoms with Crippen LogP contribution in [0, 0.1) is 0 Å².